The van der Waals surface area contributed by atoms with Crippen LogP contribution >= 0.6 is 0 Å². The van der Waals surface area contributed by atoms with Gasteiger partial charge >= 0.3 is 18.1 Å². The number of ether oxygens (including phenoxy) is 4. The molecule has 7 atom stereocenters. The molecule has 7 unspecified atom stereocenters. The number of esters is 2. The zero-order valence-corrected chi connectivity index (χ0v) is 30.5. The van der Waals surface area contributed by atoms with Gasteiger partial charge in [0.2, 0.25) is 17.6 Å². The fourth-order valence-electron chi connectivity index (χ4n) is 8.79. The number of hydrogen-bond acceptors (Lipinski definition) is 11. The Morgan fingerprint density at radius 3 is 2.26 bits per heavy atom. The van der Waals surface area contributed by atoms with Crippen molar-refractivity contribution < 1.29 is 61.2 Å². The second-order valence-corrected chi connectivity index (χ2v) is 14.7. The van der Waals surface area contributed by atoms with Gasteiger partial charge in [-0.3, -0.25) is 19.2 Å². The minimum absolute atomic E-state index is 0.00520. The number of nitrogens with one attached hydrogen (secondary N) is 1. The van der Waals surface area contributed by atoms with Gasteiger partial charge in [-0.1, -0.05) is 84.9 Å². The van der Waals surface area contributed by atoms with Crippen molar-refractivity contribution in [3.05, 3.63) is 113 Å². The molecule has 0 aromatic heterocycles. The third-order valence-electron chi connectivity index (χ3n) is 11.2. The molecule has 4 aliphatic heterocycles. The summed E-state index contributed by atoms with van der Waals surface area (Å²) in [5.41, 5.74) is 0.922. The molecule has 2 N–H and O–H groups in total. The van der Waals surface area contributed by atoms with E-state index in [9.17, 15) is 32.7 Å². The van der Waals surface area contributed by atoms with Crippen LogP contribution in [0.5, 0.6) is 0 Å². The third kappa shape index (κ3) is 7.09. The zero-order chi connectivity index (χ0) is 40.0. The van der Waals surface area contributed by atoms with Crippen LogP contribution in [-0.4, -0.2) is 108 Å². The summed E-state index contributed by atoms with van der Waals surface area (Å²) in [6.45, 7) is -1.69. The largest absolute Gasteiger partial charge is 0.458 e. The Bertz CT molecular complexity index is 1980. The van der Waals surface area contributed by atoms with Crippen molar-refractivity contribution in [1.29, 1.82) is 0 Å². The Hall–Kier alpha value is -5.13. The molecule has 4 heterocycles. The number of benzene rings is 3. The predicted octanol–water partition coefficient (Wildman–Crippen LogP) is 3.39. The van der Waals surface area contributed by atoms with E-state index in [1.807, 2.05) is 60.7 Å². The average molecular weight is 792 g/mol. The van der Waals surface area contributed by atoms with Gasteiger partial charge < -0.3 is 34.3 Å². The molecule has 2 amide bonds. The summed E-state index contributed by atoms with van der Waals surface area (Å²) >= 11 is 0. The molecule has 57 heavy (non-hydrogen) atoms. The second-order valence-electron chi connectivity index (χ2n) is 14.7. The minimum Gasteiger partial charge on any atom is -0.458 e. The smallest absolute Gasteiger partial charge is 0.422 e. The molecule has 0 spiro atoms. The highest BCUT2D eigenvalue weighted by Gasteiger charge is 2.77. The van der Waals surface area contributed by atoms with E-state index < -0.39 is 84.2 Å². The van der Waals surface area contributed by atoms with Crippen LogP contribution in [0.2, 0.25) is 0 Å². The molecule has 8 rings (SSSR count). The van der Waals surface area contributed by atoms with E-state index in [0.717, 1.165) is 6.08 Å². The van der Waals surface area contributed by atoms with Crippen LogP contribution in [-0.2, 0) is 55.3 Å². The van der Waals surface area contributed by atoms with Gasteiger partial charge in [0, 0.05) is 36.7 Å². The zero-order valence-electron chi connectivity index (χ0n) is 30.5. The van der Waals surface area contributed by atoms with E-state index in [0.29, 0.717) is 35.1 Å². The number of carbonyl (C=O) groups excluding carboxylic acids is 4. The van der Waals surface area contributed by atoms with Crippen LogP contribution in [0.1, 0.15) is 41.5 Å². The minimum atomic E-state index is -4.65. The fourth-order valence-corrected chi connectivity index (χ4v) is 8.79. The van der Waals surface area contributed by atoms with Crippen LogP contribution in [0.25, 0.3) is 6.08 Å². The summed E-state index contributed by atoms with van der Waals surface area (Å²) in [4.78, 5) is 62.9. The summed E-state index contributed by atoms with van der Waals surface area (Å²) < 4.78 is 61.6. The first-order chi connectivity index (χ1) is 27.4. The number of hydroxylamine groups is 2. The summed E-state index contributed by atoms with van der Waals surface area (Å²) in [6, 6.07) is 23.2. The molecule has 0 radical (unpaired) electrons. The lowest BCUT2D eigenvalue weighted by atomic mass is 9.62. The van der Waals surface area contributed by atoms with Crippen molar-refractivity contribution in [3.8, 4) is 0 Å². The van der Waals surface area contributed by atoms with Crippen LogP contribution in [0, 0.1) is 5.41 Å². The molecule has 2 bridgehead atoms. The Kier molecular flexibility index (Phi) is 10.4. The predicted molar refractivity (Wildman–Crippen MR) is 192 cm³/mol. The number of halogens is 3. The highest BCUT2D eigenvalue weighted by molar-refractivity contribution is 5.96. The standard InChI is InChI=1S/C41H40F3N3O10/c42-40(43,44)24-53-31(49)18-17-25-13-15-26(16-14-25)23-47-34-37(51)54-30-22-39(34,38(52)46-20-7-12-29(46)36(50)45-19-21-48)35(57-47)33-32(30)55-41(56-33,27-8-3-1-4-9-27)28-10-5-2-6-11-28/h1-6,8-11,13-18,29-30,32-35,48H,7,12,19-24H2,(H,45,50). The first-order valence-corrected chi connectivity index (χ1v) is 18.7. The number of alkyl halides is 3. The number of carbonyl (C=O) groups is 4. The van der Waals surface area contributed by atoms with E-state index >= 15 is 4.79 Å². The lowest BCUT2D eigenvalue weighted by Crippen LogP contribution is -2.70. The normalized spacial score (nSPS) is 28.9. The van der Waals surface area contributed by atoms with Crippen molar-refractivity contribution >= 4 is 29.8 Å². The molecule has 300 valence electrons. The van der Waals surface area contributed by atoms with E-state index in [2.05, 4.69) is 10.1 Å². The Labute approximate surface area is 325 Å². The SMILES string of the molecule is O=C(C=Cc1ccc(CN2OC3C4OC(c5ccccc5)(c5ccccc5)OC4C4CC3(C(=O)N3CCCC3C(=O)NCCO)C2C(=O)O4)cc1)OCC(F)(F)F. The molecule has 5 fully saturated rings. The Morgan fingerprint density at radius 1 is 0.947 bits per heavy atom. The molecule has 3 aromatic rings. The monoisotopic (exact) mass is 791 g/mol. The highest BCUT2D eigenvalue weighted by Crippen LogP contribution is 2.60. The van der Waals surface area contributed by atoms with E-state index in [1.165, 1.54) is 16.0 Å². The van der Waals surface area contributed by atoms with Gasteiger partial charge in [0.1, 0.15) is 35.9 Å². The van der Waals surface area contributed by atoms with Crippen molar-refractivity contribution in [2.75, 3.05) is 26.3 Å². The van der Waals surface area contributed by atoms with E-state index in [4.69, 9.17) is 19.0 Å². The summed E-state index contributed by atoms with van der Waals surface area (Å²) in [5, 5.41) is 13.5. The molecule has 13 nitrogen and oxygen atoms in total. The van der Waals surface area contributed by atoms with Crippen molar-refractivity contribution in [2.24, 2.45) is 5.41 Å². The third-order valence-corrected chi connectivity index (χ3v) is 11.2. The lowest BCUT2D eigenvalue weighted by Gasteiger charge is -2.50. The van der Waals surface area contributed by atoms with E-state index in [-0.39, 0.29) is 32.7 Å². The van der Waals surface area contributed by atoms with Gasteiger partial charge in [-0.05, 0) is 30.0 Å². The number of hydrogen-bond donors (Lipinski definition) is 2. The Morgan fingerprint density at radius 2 is 1.61 bits per heavy atom. The van der Waals surface area contributed by atoms with Crippen molar-refractivity contribution in [1.82, 2.24) is 15.3 Å². The van der Waals surface area contributed by atoms with Crippen molar-refractivity contribution in [3.63, 3.8) is 0 Å². The maximum absolute atomic E-state index is 15.3. The van der Waals surface area contributed by atoms with Crippen LogP contribution in [0.3, 0.4) is 0 Å². The second kappa shape index (κ2) is 15.3. The number of aliphatic hydroxyl groups excluding tert-OH is 1. The first kappa shape index (κ1) is 38.7. The van der Waals surface area contributed by atoms with Gasteiger partial charge in [0.15, 0.2) is 12.6 Å². The number of nitrogens with zero attached hydrogens (tertiary/aromatic N) is 2. The quantitative estimate of drug-likeness (QED) is 0.217. The van der Waals surface area contributed by atoms with Gasteiger partial charge in [-0.15, -0.1) is 0 Å². The topological polar surface area (TPSA) is 153 Å². The molecular weight excluding hydrogens is 751 g/mol. The molecule has 3 aromatic carbocycles. The molecule has 4 saturated heterocycles. The number of rotatable bonds is 11. The maximum atomic E-state index is 15.3. The molecule has 5 aliphatic rings. The fraction of sp³-hybridized carbons (Fsp3) is 0.415. The highest BCUT2D eigenvalue weighted by atomic mass is 19.4. The van der Waals surface area contributed by atoms with Crippen LogP contribution < -0.4 is 5.32 Å². The summed E-state index contributed by atoms with van der Waals surface area (Å²) in [5.74, 6) is -4.16. The number of fused-ring (bicyclic) bond motifs is 4. The van der Waals surface area contributed by atoms with Gasteiger partial charge in [0.05, 0.1) is 13.2 Å². The van der Waals surface area contributed by atoms with Gasteiger partial charge in [-0.2, -0.15) is 18.2 Å². The van der Waals surface area contributed by atoms with Crippen LogP contribution in [0.4, 0.5) is 13.2 Å². The number of amides is 2. The molecule has 16 heteroatoms. The van der Waals surface area contributed by atoms with Gasteiger partial charge in [0.25, 0.3) is 0 Å². The lowest BCUT2D eigenvalue weighted by molar-refractivity contribution is -0.214. The van der Waals surface area contributed by atoms with Gasteiger partial charge in [-0.25, -0.2) is 4.79 Å². The van der Waals surface area contributed by atoms with Crippen LogP contribution in [0.15, 0.2) is 91.0 Å². The molecule has 1 aliphatic carbocycles. The van der Waals surface area contributed by atoms with E-state index in [1.54, 1.807) is 24.3 Å². The van der Waals surface area contributed by atoms with Crippen molar-refractivity contribution in [2.45, 2.75) is 74.3 Å². The Balaban J connectivity index is 1.14. The first-order valence-electron chi connectivity index (χ1n) is 18.7. The molecule has 1 saturated carbocycles. The number of aliphatic hydroxyl groups is 1. The maximum Gasteiger partial charge on any atom is 0.422 e. The number of likely N-dealkylation sites (tertiary alicyclic amines) is 1. The summed E-state index contributed by atoms with van der Waals surface area (Å²) in [7, 11) is 0. The average Bonchev–Trinajstić information content (AvgIpc) is 3.96. The molecular formula is C41H40F3N3O10. The summed E-state index contributed by atoms with van der Waals surface area (Å²) in [6.07, 6.45) is -5.23.